The molecule has 0 saturated heterocycles. The number of rotatable bonds is 8. The summed E-state index contributed by atoms with van der Waals surface area (Å²) in [5.74, 6) is 1.48. The third kappa shape index (κ3) is 4.69. The Hall–Kier alpha value is -4.20. The molecule has 1 heterocycles. The van der Waals surface area contributed by atoms with Crippen molar-refractivity contribution in [2.45, 2.75) is 13.5 Å². The second kappa shape index (κ2) is 9.52. The Kier molecular flexibility index (Phi) is 6.35. The molecule has 0 radical (unpaired) electrons. The van der Waals surface area contributed by atoms with Gasteiger partial charge in [0.2, 0.25) is 11.7 Å². The number of anilines is 2. The molecule has 0 fully saturated rings. The third-order valence-corrected chi connectivity index (χ3v) is 5.11. The fourth-order valence-corrected chi connectivity index (χ4v) is 3.58. The molecule has 4 rings (SSSR count). The Morgan fingerprint density at radius 3 is 2.36 bits per heavy atom. The van der Waals surface area contributed by atoms with Gasteiger partial charge in [0.05, 0.1) is 21.3 Å². The number of oxazole rings is 1. The van der Waals surface area contributed by atoms with Gasteiger partial charge in [-0.1, -0.05) is 30.3 Å². The molecule has 0 bridgehead atoms. The molecule has 8 heteroatoms. The van der Waals surface area contributed by atoms with Crippen LogP contribution in [0.2, 0.25) is 0 Å². The topological polar surface area (TPSA) is 94.9 Å². The minimum Gasteiger partial charge on any atom is -0.493 e. The number of hydrogen-bond acceptors (Lipinski definition) is 7. The second-order valence-electron chi connectivity index (χ2n) is 7.32. The van der Waals surface area contributed by atoms with Gasteiger partial charge in [-0.05, 0) is 23.3 Å². The predicted molar refractivity (Wildman–Crippen MR) is 126 cm³/mol. The van der Waals surface area contributed by atoms with E-state index in [1.54, 1.807) is 33.5 Å². The summed E-state index contributed by atoms with van der Waals surface area (Å²) in [4.78, 5) is 15.8. The first kappa shape index (κ1) is 22.0. The number of nitrogens with zero attached hydrogens (tertiary/aromatic N) is 1. The van der Waals surface area contributed by atoms with Crippen LogP contribution < -0.4 is 24.8 Å². The molecule has 0 saturated carbocycles. The predicted octanol–water partition coefficient (Wildman–Crippen LogP) is 4.90. The van der Waals surface area contributed by atoms with Gasteiger partial charge in [0, 0.05) is 36.9 Å². The maximum Gasteiger partial charge on any atom is 0.300 e. The van der Waals surface area contributed by atoms with E-state index in [0.29, 0.717) is 41.1 Å². The van der Waals surface area contributed by atoms with Crippen LogP contribution in [0.5, 0.6) is 17.2 Å². The van der Waals surface area contributed by atoms with Gasteiger partial charge in [0.25, 0.3) is 6.01 Å². The van der Waals surface area contributed by atoms with Crippen molar-refractivity contribution >= 4 is 28.7 Å². The zero-order valence-corrected chi connectivity index (χ0v) is 18.9. The van der Waals surface area contributed by atoms with Gasteiger partial charge in [-0.15, -0.1) is 0 Å². The average Bonchev–Trinajstić information content (AvgIpc) is 3.24. The van der Waals surface area contributed by atoms with Crippen LogP contribution in [-0.2, 0) is 11.3 Å². The van der Waals surface area contributed by atoms with E-state index in [0.717, 1.165) is 22.2 Å². The van der Waals surface area contributed by atoms with Gasteiger partial charge < -0.3 is 29.3 Å². The molecule has 0 unspecified atom stereocenters. The van der Waals surface area contributed by atoms with Crippen molar-refractivity contribution in [2.24, 2.45) is 0 Å². The zero-order chi connectivity index (χ0) is 23.4. The number of methoxy groups -OCH3 is 3. The molecule has 0 aliphatic carbocycles. The van der Waals surface area contributed by atoms with Crippen molar-refractivity contribution in [1.82, 2.24) is 10.3 Å². The van der Waals surface area contributed by atoms with Crippen LogP contribution in [0.15, 0.2) is 59.0 Å². The Balaban J connectivity index is 1.68. The standard InChI is InChI=1S/C25H25N3O5/c1-15(29)26-14-16-7-5-8-17(11-16)19-9-6-10-20-23(19)33-25(28-20)27-18-12-21(30-2)24(32-4)22(13-18)31-3/h5-13H,14H2,1-4H3,(H,26,29)(H,27,28). The van der Waals surface area contributed by atoms with E-state index in [4.69, 9.17) is 18.6 Å². The summed E-state index contributed by atoms with van der Waals surface area (Å²) in [6.45, 7) is 1.96. The van der Waals surface area contributed by atoms with Crippen molar-refractivity contribution in [1.29, 1.82) is 0 Å². The number of carbonyl (C=O) groups excluding carboxylic acids is 1. The van der Waals surface area contributed by atoms with Gasteiger partial charge in [-0.3, -0.25) is 4.79 Å². The molecule has 0 atom stereocenters. The van der Waals surface area contributed by atoms with Crippen LogP contribution in [0.1, 0.15) is 12.5 Å². The molecule has 1 aromatic heterocycles. The van der Waals surface area contributed by atoms with Crippen LogP contribution in [0, 0.1) is 0 Å². The largest absolute Gasteiger partial charge is 0.493 e. The number of ether oxygens (including phenoxy) is 3. The second-order valence-corrected chi connectivity index (χ2v) is 7.32. The van der Waals surface area contributed by atoms with Crippen molar-refractivity contribution in [3.8, 4) is 28.4 Å². The molecular weight excluding hydrogens is 422 g/mol. The Labute approximate surface area is 191 Å². The number of fused-ring (bicyclic) bond motifs is 1. The first-order valence-electron chi connectivity index (χ1n) is 10.3. The van der Waals surface area contributed by atoms with E-state index in [9.17, 15) is 4.79 Å². The van der Waals surface area contributed by atoms with Crippen LogP contribution in [0.3, 0.4) is 0 Å². The number of hydrogen-bond donors (Lipinski definition) is 2. The summed E-state index contributed by atoms with van der Waals surface area (Å²) in [6, 6.07) is 17.7. The first-order chi connectivity index (χ1) is 16.0. The molecule has 3 aromatic carbocycles. The monoisotopic (exact) mass is 447 g/mol. The maximum absolute atomic E-state index is 11.3. The van der Waals surface area contributed by atoms with Crippen LogP contribution in [0.4, 0.5) is 11.7 Å². The summed E-state index contributed by atoms with van der Waals surface area (Å²) >= 11 is 0. The lowest BCUT2D eigenvalue weighted by Crippen LogP contribution is -2.18. The van der Waals surface area contributed by atoms with Gasteiger partial charge in [-0.25, -0.2) is 0 Å². The molecular formula is C25H25N3O5. The summed E-state index contributed by atoms with van der Waals surface area (Å²) in [6.07, 6.45) is 0. The summed E-state index contributed by atoms with van der Waals surface area (Å²) in [7, 11) is 4.68. The molecule has 4 aromatic rings. The number of aromatic nitrogens is 1. The first-order valence-corrected chi connectivity index (χ1v) is 10.3. The number of nitrogens with one attached hydrogen (secondary N) is 2. The highest BCUT2D eigenvalue weighted by Crippen LogP contribution is 2.41. The molecule has 2 N–H and O–H groups in total. The van der Waals surface area contributed by atoms with Gasteiger partial charge in [0.15, 0.2) is 17.1 Å². The molecule has 0 spiro atoms. The fraction of sp³-hybridized carbons (Fsp3) is 0.200. The summed E-state index contributed by atoms with van der Waals surface area (Å²) < 4.78 is 22.3. The highest BCUT2D eigenvalue weighted by Gasteiger charge is 2.16. The number of para-hydroxylation sites is 1. The Bertz CT molecular complexity index is 1270. The van der Waals surface area contributed by atoms with E-state index in [-0.39, 0.29) is 5.91 Å². The highest BCUT2D eigenvalue weighted by atomic mass is 16.5. The fourth-order valence-electron chi connectivity index (χ4n) is 3.58. The van der Waals surface area contributed by atoms with Crippen LogP contribution in [-0.4, -0.2) is 32.2 Å². The van der Waals surface area contributed by atoms with E-state index in [1.165, 1.54) is 6.92 Å². The average molecular weight is 447 g/mol. The summed E-state index contributed by atoms with van der Waals surface area (Å²) in [5.41, 5.74) is 4.92. The number of amides is 1. The lowest BCUT2D eigenvalue weighted by molar-refractivity contribution is -0.119. The van der Waals surface area contributed by atoms with Crippen molar-refractivity contribution in [3.05, 3.63) is 60.2 Å². The quantitative estimate of drug-likeness (QED) is 0.397. The molecule has 33 heavy (non-hydrogen) atoms. The number of benzene rings is 3. The molecule has 0 aliphatic rings. The Morgan fingerprint density at radius 1 is 0.970 bits per heavy atom. The third-order valence-electron chi connectivity index (χ3n) is 5.11. The molecule has 0 aliphatic heterocycles. The normalized spacial score (nSPS) is 10.7. The van der Waals surface area contributed by atoms with Crippen LogP contribution >= 0.6 is 0 Å². The zero-order valence-electron chi connectivity index (χ0n) is 18.9. The maximum atomic E-state index is 11.3. The van der Waals surface area contributed by atoms with E-state index in [2.05, 4.69) is 15.6 Å². The minimum absolute atomic E-state index is 0.0692. The van der Waals surface area contributed by atoms with Gasteiger partial charge >= 0.3 is 0 Å². The smallest absolute Gasteiger partial charge is 0.300 e. The van der Waals surface area contributed by atoms with Crippen molar-refractivity contribution in [3.63, 3.8) is 0 Å². The van der Waals surface area contributed by atoms with Crippen molar-refractivity contribution < 1.29 is 23.4 Å². The highest BCUT2D eigenvalue weighted by molar-refractivity contribution is 5.91. The lowest BCUT2D eigenvalue weighted by Gasteiger charge is -2.14. The van der Waals surface area contributed by atoms with E-state index in [1.807, 2.05) is 42.5 Å². The van der Waals surface area contributed by atoms with Crippen LogP contribution in [0.25, 0.3) is 22.2 Å². The van der Waals surface area contributed by atoms with E-state index >= 15 is 0 Å². The summed E-state index contributed by atoms with van der Waals surface area (Å²) in [5, 5.41) is 6.00. The number of carbonyl (C=O) groups is 1. The molecule has 170 valence electrons. The molecule has 1 amide bonds. The molecule has 8 nitrogen and oxygen atoms in total. The van der Waals surface area contributed by atoms with Gasteiger partial charge in [0.1, 0.15) is 5.52 Å². The SMILES string of the molecule is COc1cc(Nc2nc3cccc(-c4cccc(CNC(C)=O)c4)c3o2)cc(OC)c1OC. The Morgan fingerprint density at radius 2 is 1.70 bits per heavy atom. The van der Waals surface area contributed by atoms with E-state index < -0.39 is 0 Å². The van der Waals surface area contributed by atoms with Gasteiger partial charge in [-0.2, -0.15) is 4.98 Å². The lowest BCUT2D eigenvalue weighted by atomic mass is 10.0. The van der Waals surface area contributed by atoms with Crippen molar-refractivity contribution in [2.75, 3.05) is 26.6 Å². The minimum atomic E-state index is -0.0692.